The molecule has 3 rings (SSSR count). The Morgan fingerprint density at radius 1 is 1.19 bits per heavy atom. The maximum Gasteiger partial charge on any atom is 0.0991 e. The Morgan fingerprint density at radius 3 is 2.71 bits per heavy atom. The van der Waals surface area contributed by atoms with E-state index >= 15 is 0 Å². The summed E-state index contributed by atoms with van der Waals surface area (Å²) in [5.74, 6) is 0. The van der Waals surface area contributed by atoms with Crippen LogP contribution in [0.25, 0.3) is 0 Å². The fourth-order valence-electron chi connectivity index (χ4n) is 2.98. The molecule has 0 aromatic heterocycles. The van der Waals surface area contributed by atoms with E-state index in [0.717, 1.165) is 31.6 Å². The summed E-state index contributed by atoms with van der Waals surface area (Å²) in [4.78, 5) is 2.46. The Kier molecular flexibility index (Phi) is 3.89. The van der Waals surface area contributed by atoms with Crippen molar-refractivity contribution in [2.45, 2.75) is 19.5 Å². The van der Waals surface area contributed by atoms with Crippen molar-refractivity contribution in [2.75, 3.05) is 18.9 Å². The fraction of sp³-hybridized carbons (Fsp3) is 0.278. The predicted octanol–water partition coefficient (Wildman–Crippen LogP) is 3.16. The third-order valence-corrected chi connectivity index (χ3v) is 4.10. The van der Waals surface area contributed by atoms with Gasteiger partial charge in [-0.15, -0.1) is 0 Å². The van der Waals surface area contributed by atoms with Crippen molar-refractivity contribution in [1.82, 2.24) is 4.90 Å². The summed E-state index contributed by atoms with van der Waals surface area (Å²) in [6.45, 7) is 3.01. The molecule has 0 saturated carbocycles. The number of anilines is 1. The first-order chi connectivity index (χ1) is 10.3. The highest BCUT2D eigenvalue weighted by molar-refractivity contribution is 5.55. The van der Waals surface area contributed by atoms with Gasteiger partial charge >= 0.3 is 0 Å². The molecule has 0 unspecified atom stereocenters. The minimum atomic E-state index is 0.724. The van der Waals surface area contributed by atoms with Crippen molar-refractivity contribution in [1.29, 1.82) is 5.26 Å². The van der Waals surface area contributed by atoms with Gasteiger partial charge in [-0.1, -0.05) is 24.3 Å². The van der Waals surface area contributed by atoms with Crippen LogP contribution < -0.4 is 5.32 Å². The molecule has 0 aliphatic carbocycles. The number of benzene rings is 2. The molecule has 1 aliphatic heterocycles. The van der Waals surface area contributed by atoms with Crippen molar-refractivity contribution in [3.63, 3.8) is 0 Å². The monoisotopic (exact) mass is 277 g/mol. The van der Waals surface area contributed by atoms with Crippen LogP contribution in [0.1, 0.15) is 22.3 Å². The van der Waals surface area contributed by atoms with Crippen molar-refractivity contribution < 1.29 is 0 Å². The molecule has 0 atom stereocenters. The molecule has 0 amide bonds. The van der Waals surface area contributed by atoms with Gasteiger partial charge < -0.3 is 5.32 Å². The van der Waals surface area contributed by atoms with Gasteiger partial charge in [-0.3, -0.25) is 4.90 Å². The summed E-state index contributed by atoms with van der Waals surface area (Å²) in [7, 11) is 1.98. The van der Waals surface area contributed by atoms with E-state index in [2.05, 4.69) is 46.6 Å². The average Bonchev–Trinajstić information content (AvgIpc) is 2.54. The predicted molar refractivity (Wildman–Crippen MR) is 85.0 cm³/mol. The lowest BCUT2D eigenvalue weighted by Crippen LogP contribution is -2.30. The second-order valence-electron chi connectivity index (χ2n) is 5.46. The lowest BCUT2D eigenvalue weighted by Gasteiger charge is -2.30. The molecule has 2 aromatic carbocycles. The Hall–Kier alpha value is -2.31. The van der Waals surface area contributed by atoms with Gasteiger partial charge in [-0.25, -0.2) is 0 Å². The summed E-state index contributed by atoms with van der Waals surface area (Å²) in [5.41, 5.74) is 6.12. The van der Waals surface area contributed by atoms with Crippen LogP contribution in [0.3, 0.4) is 0 Å². The topological polar surface area (TPSA) is 39.1 Å². The van der Waals surface area contributed by atoms with E-state index in [4.69, 9.17) is 5.26 Å². The highest BCUT2D eigenvalue weighted by atomic mass is 15.1. The van der Waals surface area contributed by atoms with Crippen LogP contribution in [0.2, 0.25) is 0 Å². The molecule has 3 heteroatoms. The molecule has 0 saturated heterocycles. The minimum Gasteiger partial charge on any atom is -0.388 e. The molecule has 0 fully saturated rings. The van der Waals surface area contributed by atoms with E-state index in [1.807, 2.05) is 19.2 Å². The first-order valence-electron chi connectivity index (χ1n) is 7.30. The van der Waals surface area contributed by atoms with Crippen LogP contribution >= 0.6 is 0 Å². The third kappa shape index (κ3) is 2.91. The average molecular weight is 277 g/mol. The maximum absolute atomic E-state index is 8.84. The SMILES string of the molecule is CNc1cccc2c1CCN(Cc1ccc(C#N)cc1)C2. The number of rotatable bonds is 3. The fourth-order valence-corrected chi connectivity index (χ4v) is 2.98. The third-order valence-electron chi connectivity index (χ3n) is 4.10. The van der Waals surface area contributed by atoms with Gasteiger partial charge in [-0.2, -0.15) is 5.26 Å². The Labute approximate surface area is 125 Å². The highest BCUT2D eigenvalue weighted by Gasteiger charge is 2.18. The summed E-state index contributed by atoms with van der Waals surface area (Å²) in [5, 5.41) is 12.1. The zero-order valence-corrected chi connectivity index (χ0v) is 12.3. The van der Waals surface area contributed by atoms with E-state index in [1.165, 1.54) is 22.4 Å². The lowest BCUT2D eigenvalue weighted by molar-refractivity contribution is 0.246. The summed E-state index contributed by atoms with van der Waals surface area (Å²) < 4.78 is 0. The number of nitrogens with zero attached hydrogens (tertiary/aromatic N) is 2. The van der Waals surface area contributed by atoms with Crippen LogP contribution in [0, 0.1) is 11.3 Å². The second kappa shape index (κ2) is 5.99. The quantitative estimate of drug-likeness (QED) is 0.936. The van der Waals surface area contributed by atoms with E-state index in [9.17, 15) is 0 Å². The van der Waals surface area contributed by atoms with Gasteiger partial charge in [0.2, 0.25) is 0 Å². The Balaban J connectivity index is 1.73. The van der Waals surface area contributed by atoms with Gasteiger partial charge in [0, 0.05) is 32.4 Å². The first-order valence-corrected chi connectivity index (χ1v) is 7.30. The van der Waals surface area contributed by atoms with Crippen LogP contribution in [0.4, 0.5) is 5.69 Å². The van der Waals surface area contributed by atoms with Crippen LogP contribution in [-0.4, -0.2) is 18.5 Å². The summed E-state index contributed by atoms with van der Waals surface area (Å²) in [6.07, 6.45) is 1.09. The molecule has 1 N–H and O–H groups in total. The Morgan fingerprint density at radius 2 is 2.00 bits per heavy atom. The van der Waals surface area contributed by atoms with Gasteiger partial charge in [-0.05, 0) is 41.3 Å². The lowest BCUT2D eigenvalue weighted by atomic mass is 9.97. The molecule has 106 valence electrons. The largest absolute Gasteiger partial charge is 0.388 e. The van der Waals surface area contributed by atoms with Crippen molar-refractivity contribution in [2.24, 2.45) is 0 Å². The molecular weight excluding hydrogens is 258 g/mol. The molecule has 3 nitrogen and oxygen atoms in total. The summed E-state index contributed by atoms with van der Waals surface area (Å²) in [6, 6.07) is 16.6. The summed E-state index contributed by atoms with van der Waals surface area (Å²) >= 11 is 0. The standard InChI is InChI=1S/C18H19N3/c1-20-18-4-2-3-16-13-21(10-9-17(16)18)12-15-7-5-14(11-19)6-8-15/h2-8,20H,9-10,12-13H2,1H3. The highest BCUT2D eigenvalue weighted by Crippen LogP contribution is 2.26. The van der Waals surface area contributed by atoms with E-state index in [0.29, 0.717) is 0 Å². The Bertz CT molecular complexity index is 668. The van der Waals surface area contributed by atoms with Crippen molar-refractivity contribution in [3.05, 3.63) is 64.7 Å². The van der Waals surface area contributed by atoms with Crippen LogP contribution in [0.15, 0.2) is 42.5 Å². The molecular formula is C18H19N3. The van der Waals surface area contributed by atoms with Gasteiger partial charge in [0.15, 0.2) is 0 Å². The van der Waals surface area contributed by atoms with E-state index in [1.54, 1.807) is 0 Å². The smallest absolute Gasteiger partial charge is 0.0991 e. The van der Waals surface area contributed by atoms with E-state index in [-0.39, 0.29) is 0 Å². The van der Waals surface area contributed by atoms with E-state index < -0.39 is 0 Å². The zero-order chi connectivity index (χ0) is 14.7. The number of hydrogen-bond donors (Lipinski definition) is 1. The van der Waals surface area contributed by atoms with Crippen molar-refractivity contribution >= 4 is 5.69 Å². The van der Waals surface area contributed by atoms with Crippen LogP contribution in [0.5, 0.6) is 0 Å². The number of nitrogens with one attached hydrogen (secondary N) is 1. The molecule has 2 aromatic rings. The van der Waals surface area contributed by atoms with Crippen LogP contribution in [-0.2, 0) is 19.5 Å². The first kappa shape index (κ1) is 13.7. The molecule has 21 heavy (non-hydrogen) atoms. The number of hydrogen-bond acceptors (Lipinski definition) is 3. The van der Waals surface area contributed by atoms with Gasteiger partial charge in [0.25, 0.3) is 0 Å². The zero-order valence-electron chi connectivity index (χ0n) is 12.3. The van der Waals surface area contributed by atoms with Gasteiger partial charge in [0.05, 0.1) is 11.6 Å². The molecule has 0 spiro atoms. The molecule has 1 heterocycles. The molecule has 0 bridgehead atoms. The van der Waals surface area contributed by atoms with Gasteiger partial charge in [0.1, 0.15) is 0 Å². The number of fused-ring (bicyclic) bond motifs is 1. The minimum absolute atomic E-state index is 0.724. The maximum atomic E-state index is 8.84. The number of nitriles is 1. The molecule has 1 aliphatic rings. The van der Waals surface area contributed by atoms with Crippen molar-refractivity contribution in [3.8, 4) is 6.07 Å². The second-order valence-corrected chi connectivity index (χ2v) is 5.46. The molecule has 0 radical (unpaired) electrons. The normalized spacial score (nSPS) is 14.3.